The van der Waals surface area contributed by atoms with Gasteiger partial charge in [-0.05, 0) is 12.1 Å². The molecule has 2 amide bonds. The van der Waals surface area contributed by atoms with Crippen LogP contribution in [0, 0.1) is 10.1 Å². The van der Waals surface area contributed by atoms with Crippen molar-refractivity contribution in [3.05, 3.63) is 34.4 Å². The van der Waals surface area contributed by atoms with Crippen LogP contribution in [0.15, 0.2) is 24.3 Å². The lowest BCUT2D eigenvalue weighted by Gasteiger charge is -2.25. The Morgan fingerprint density at radius 3 is 2.00 bits per heavy atom. The molecule has 0 aromatic heterocycles. The van der Waals surface area contributed by atoms with Gasteiger partial charge in [-0.2, -0.15) is 0 Å². The molecule has 0 saturated heterocycles. The Bertz CT molecular complexity index is 726. The maximum absolute atomic E-state index is 12.0. The van der Waals surface area contributed by atoms with Crippen LogP contribution in [0.5, 0.6) is 5.75 Å². The van der Waals surface area contributed by atoms with Crippen molar-refractivity contribution < 1.29 is 28.8 Å². The number of benzene rings is 1. The Hall–Kier alpha value is -3.25. The zero-order chi connectivity index (χ0) is 24.5. The third-order valence-electron chi connectivity index (χ3n) is 4.09. The lowest BCUT2D eigenvalue weighted by molar-refractivity contribution is -0.384. The summed E-state index contributed by atoms with van der Waals surface area (Å²) in [5.74, 6) is -0.0340. The van der Waals surface area contributed by atoms with Crippen molar-refractivity contribution >= 4 is 23.7 Å². The predicted octanol–water partition coefficient (Wildman–Crippen LogP) is 1.12. The molecule has 0 aliphatic rings. The van der Waals surface area contributed by atoms with Crippen molar-refractivity contribution in [1.29, 1.82) is 0 Å². The maximum Gasteiger partial charge on any atom is 0.513 e. The average Bonchev–Trinajstić information content (AvgIpc) is 2.80. The normalized spacial score (nSPS) is 9.78. The summed E-state index contributed by atoms with van der Waals surface area (Å²) in [4.78, 5) is 48.4. The lowest BCUT2D eigenvalue weighted by atomic mass is 10.3. The molecule has 4 N–H and O–H groups in total. The lowest BCUT2D eigenvalue weighted by Crippen LogP contribution is -2.40. The van der Waals surface area contributed by atoms with Crippen LogP contribution in [-0.4, -0.2) is 79.1 Å². The highest BCUT2D eigenvalue weighted by Gasteiger charge is 2.15. The van der Waals surface area contributed by atoms with Gasteiger partial charge in [0.15, 0.2) is 0 Å². The first-order chi connectivity index (χ1) is 15.2. The van der Waals surface area contributed by atoms with Gasteiger partial charge in [0.1, 0.15) is 12.4 Å². The summed E-state index contributed by atoms with van der Waals surface area (Å²) in [5, 5.41) is 10.6. The minimum Gasteiger partial charge on any atom is -0.432 e. The Morgan fingerprint density at radius 2 is 1.53 bits per heavy atom. The standard InChI is InChI=1S/C18H25N3O7.C2H8N2/c1-4-16(22)19(3)10-11-20(17(23)5-2)12-13-27-18(24)28-15-8-6-14(7-9-15)21(25)26;3-1-2-4/h6-9H,4-5,10-13H2,1-3H3;1-4H2. The number of carbonyl (C=O) groups excluding carboxylic acids is 3. The number of hydrogen-bond donors (Lipinski definition) is 2. The largest absolute Gasteiger partial charge is 0.513 e. The first-order valence-electron chi connectivity index (χ1n) is 10.2. The van der Waals surface area contributed by atoms with Crippen molar-refractivity contribution in [2.75, 3.05) is 46.4 Å². The van der Waals surface area contributed by atoms with Crippen LogP contribution in [0.1, 0.15) is 26.7 Å². The molecule has 0 saturated carbocycles. The Morgan fingerprint density at radius 1 is 0.969 bits per heavy atom. The molecule has 32 heavy (non-hydrogen) atoms. The molecule has 0 bridgehead atoms. The summed E-state index contributed by atoms with van der Waals surface area (Å²) < 4.78 is 9.88. The second-order valence-corrected chi connectivity index (χ2v) is 6.43. The first kappa shape index (κ1) is 28.8. The summed E-state index contributed by atoms with van der Waals surface area (Å²) in [6.07, 6.45) is -0.301. The van der Waals surface area contributed by atoms with Gasteiger partial charge in [0.2, 0.25) is 11.8 Å². The van der Waals surface area contributed by atoms with Gasteiger partial charge in [-0.15, -0.1) is 0 Å². The molecule has 0 aliphatic carbocycles. The fourth-order valence-electron chi connectivity index (χ4n) is 2.25. The Kier molecular flexibility index (Phi) is 14.8. The van der Waals surface area contributed by atoms with E-state index in [-0.39, 0.29) is 36.4 Å². The van der Waals surface area contributed by atoms with Gasteiger partial charge >= 0.3 is 6.16 Å². The van der Waals surface area contributed by atoms with Gasteiger partial charge in [0.05, 0.1) is 11.5 Å². The number of nitro groups is 1. The molecule has 0 unspecified atom stereocenters. The quantitative estimate of drug-likeness (QED) is 0.215. The third-order valence-corrected chi connectivity index (χ3v) is 4.09. The number of likely N-dealkylation sites (N-methyl/N-ethyl adjacent to an activating group) is 1. The van der Waals surface area contributed by atoms with Crippen molar-refractivity contribution in [3.8, 4) is 5.75 Å². The summed E-state index contributed by atoms with van der Waals surface area (Å²) in [5.41, 5.74) is 9.68. The van der Waals surface area contributed by atoms with Crippen LogP contribution in [0.25, 0.3) is 0 Å². The number of carbonyl (C=O) groups is 3. The van der Waals surface area contributed by atoms with E-state index in [0.29, 0.717) is 39.0 Å². The van der Waals surface area contributed by atoms with Crippen LogP contribution >= 0.6 is 0 Å². The molecule has 1 aromatic rings. The highest BCUT2D eigenvalue weighted by atomic mass is 16.7. The number of rotatable bonds is 11. The van der Waals surface area contributed by atoms with E-state index in [1.54, 1.807) is 25.8 Å². The number of ether oxygens (including phenoxy) is 2. The van der Waals surface area contributed by atoms with E-state index in [2.05, 4.69) is 0 Å². The van der Waals surface area contributed by atoms with Gasteiger partial charge in [-0.1, -0.05) is 13.8 Å². The van der Waals surface area contributed by atoms with Crippen LogP contribution in [0.2, 0.25) is 0 Å². The molecular formula is C20H33N5O7. The minimum atomic E-state index is -0.976. The number of non-ortho nitro benzene ring substituents is 1. The van der Waals surface area contributed by atoms with Crippen molar-refractivity contribution in [3.63, 3.8) is 0 Å². The van der Waals surface area contributed by atoms with Crippen LogP contribution in [-0.2, 0) is 14.3 Å². The number of hydrogen-bond acceptors (Lipinski definition) is 9. The number of nitrogens with zero attached hydrogens (tertiary/aromatic N) is 3. The molecule has 180 valence electrons. The molecule has 0 radical (unpaired) electrons. The van der Waals surface area contributed by atoms with E-state index in [1.807, 2.05) is 0 Å². The SMILES string of the molecule is CCC(=O)N(C)CCN(CCOC(=O)Oc1ccc([N+](=O)[O-])cc1)C(=O)CC.NCCN. The van der Waals surface area contributed by atoms with E-state index >= 15 is 0 Å². The molecule has 1 rings (SSSR count). The van der Waals surface area contributed by atoms with Crippen LogP contribution in [0.4, 0.5) is 10.5 Å². The monoisotopic (exact) mass is 455 g/mol. The van der Waals surface area contributed by atoms with Crippen LogP contribution in [0.3, 0.4) is 0 Å². The topological polar surface area (TPSA) is 171 Å². The molecule has 0 aliphatic heterocycles. The highest BCUT2D eigenvalue weighted by molar-refractivity contribution is 5.77. The van der Waals surface area contributed by atoms with E-state index in [1.165, 1.54) is 29.2 Å². The molecule has 0 atom stereocenters. The molecule has 12 nitrogen and oxygen atoms in total. The first-order valence-corrected chi connectivity index (χ1v) is 10.2. The van der Waals surface area contributed by atoms with Gasteiger partial charge < -0.3 is 30.7 Å². The number of amides is 2. The number of nitrogens with two attached hydrogens (primary N) is 2. The fourth-order valence-corrected chi connectivity index (χ4v) is 2.25. The van der Waals surface area contributed by atoms with E-state index in [4.69, 9.17) is 20.9 Å². The predicted molar refractivity (Wildman–Crippen MR) is 118 cm³/mol. The van der Waals surface area contributed by atoms with E-state index in [0.717, 1.165) is 0 Å². The summed E-state index contributed by atoms with van der Waals surface area (Å²) in [6, 6.07) is 4.98. The summed E-state index contributed by atoms with van der Waals surface area (Å²) in [7, 11) is 1.67. The smallest absolute Gasteiger partial charge is 0.432 e. The second-order valence-electron chi connectivity index (χ2n) is 6.43. The van der Waals surface area contributed by atoms with Gasteiger partial charge in [0, 0.05) is 58.2 Å². The summed E-state index contributed by atoms with van der Waals surface area (Å²) >= 11 is 0. The van der Waals surface area contributed by atoms with Crippen molar-refractivity contribution in [1.82, 2.24) is 9.80 Å². The van der Waals surface area contributed by atoms with E-state index < -0.39 is 11.1 Å². The van der Waals surface area contributed by atoms with Crippen molar-refractivity contribution in [2.45, 2.75) is 26.7 Å². The summed E-state index contributed by atoms with van der Waals surface area (Å²) in [6.45, 7) is 5.47. The Balaban J connectivity index is 0.00000220. The van der Waals surface area contributed by atoms with Gasteiger partial charge in [-0.25, -0.2) is 4.79 Å². The molecule has 1 aromatic carbocycles. The molecular weight excluding hydrogens is 422 g/mol. The maximum atomic E-state index is 12.0. The van der Waals surface area contributed by atoms with Crippen LogP contribution < -0.4 is 16.2 Å². The molecule has 12 heteroatoms. The zero-order valence-electron chi connectivity index (χ0n) is 18.8. The van der Waals surface area contributed by atoms with Crippen molar-refractivity contribution in [2.24, 2.45) is 11.5 Å². The Labute approximate surface area is 187 Å². The minimum absolute atomic E-state index is 0.0215. The van der Waals surface area contributed by atoms with E-state index in [9.17, 15) is 24.5 Å². The van der Waals surface area contributed by atoms with Gasteiger partial charge in [-0.3, -0.25) is 19.7 Å². The number of nitro benzene ring substituents is 1. The fraction of sp³-hybridized carbons (Fsp3) is 0.550. The second kappa shape index (κ2) is 16.4. The molecule has 0 fully saturated rings. The highest BCUT2D eigenvalue weighted by Crippen LogP contribution is 2.17. The average molecular weight is 456 g/mol. The zero-order valence-corrected chi connectivity index (χ0v) is 18.8. The molecule has 0 spiro atoms. The molecule has 0 heterocycles. The third kappa shape index (κ3) is 11.8. The van der Waals surface area contributed by atoms with Gasteiger partial charge in [0.25, 0.3) is 5.69 Å².